The fourth-order valence-electron chi connectivity index (χ4n) is 1.28. The van der Waals surface area contributed by atoms with Crippen molar-refractivity contribution in [1.29, 1.82) is 0 Å². The molecule has 0 aromatic carbocycles. The van der Waals surface area contributed by atoms with Crippen LogP contribution < -0.4 is 0 Å². The Morgan fingerprint density at radius 2 is 1.87 bits per heavy atom. The Morgan fingerprint density at radius 1 is 1.13 bits per heavy atom. The molecule has 1 N–H and O–H groups in total. The molecule has 0 aliphatic heterocycles. The van der Waals surface area contributed by atoms with Crippen molar-refractivity contribution in [3.8, 4) is 11.3 Å². The second-order valence-corrected chi connectivity index (χ2v) is 3.43. The van der Waals surface area contributed by atoms with Crippen LogP contribution in [0.1, 0.15) is 5.69 Å². The second-order valence-electron chi connectivity index (χ2n) is 3.03. The number of hydrogen-bond donors (Lipinski definition) is 1. The van der Waals surface area contributed by atoms with Crippen LogP contribution in [0.2, 0.25) is 5.02 Å². The molecule has 15 heavy (non-hydrogen) atoms. The molecule has 0 bridgehead atoms. The minimum Gasteiger partial charge on any atom is -0.390 e. The van der Waals surface area contributed by atoms with Gasteiger partial charge in [0.1, 0.15) is 0 Å². The predicted molar refractivity (Wildman–Crippen MR) is 58.4 cm³/mol. The van der Waals surface area contributed by atoms with Crippen LogP contribution in [0.5, 0.6) is 0 Å². The lowest BCUT2D eigenvalue weighted by Crippen LogP contribution is -1.92. The highest BCUT2D eigenvalue weighted by molar-refractivity contribution is 6.33. The Bertz CT molecular complexity index is 459. The van der Waals surface area contributed by atoms with E-state index in [1.807, 2.05) is 12.1 Å². The summed E-state index contributed by atoms with van der Waals surface area (Å²) in [5.74, 6) is 0. The van der Waals surface area contributed by atoms with Gasteiger partial charge in [0.25, 0.3) is 0 Å². The number of aromatic nitrogens is 2. The van der Waals surface area contributed by atoms with Crippen LogP contribution >= 0.6 is 11.6 Å². The van der Waals surface area contributed by atoms with Crippen LogP contribution in [0.25, 0.3) is 11.3 Å². The van der Waals surface area contributed by atoms with Gasteiger partial charge in [-0.2, -0.15) is 0 Å². The minimum absolute atomic E-state index is 0.0880. The summed E-state index contributed by atoms with van der Waals surface area (Å²) >= 11 is 6.02. The highest BCUT2D eigenvalue weighted by Crippen LogP contribution is 2.25. The van der Waals surface area contributed by atoms with Gasteiger partial charge < -0.3 is 5.11 Å². The number of aliphatic hydroxyl groups is 1. The van der Waals surface area contributed by atoms with E-state index in [0.717, 1.165) is 5.56 Å². The van der Waals surface area contributed by atoms with Gasteiger partial charge in [-0.05, 0) is 24.3 Å². The molecule has 0 saturated heterocycles. The summed E-state index contributed by atoms with van der Waals surface area (Å²) < 4.78 is 0. The molecule has 2 aromatic heterocycles. The number of aliphatic hydroxyl groups excluding tert-OH is 1. The van der Waals surface area contributed by atoms with Gasteiger partial charge in [-0.1, -0.05) is 11.6 Å². The molecule has 76 valence electrons. The van der Waals surface area contributed by atoms with Crippen molar-refractivity contribution in [2.45, 2.75) is 6.61 Å². The molecule has 2 rings (SSSR count). The first kappa shape index (κ1) is 10.1. The van der Waals surface area contributed by atoms with Gasteiger partial charge in [0.15, 0.2) is 0 Å². The smallest absolute Gasteiger partial charge is 0.0893 e. The maximum Gasteiger partial charge on any atom is 0.0893 e. The molecule has 0 radical (unpaired) electrons. The first-order chi connectivity index (χ1) is 7.31. The first-order valence-corrected chi connectivity index (χ1v) is 4.86. The molecule has 0 saturated carbocycles. The number of pyridine rings is 2. The van der Waals surface area contributed by atoms with Gasteiger partial charge >= 0.3 is 0 Å². The molecule has 0 spiro atoms. The zero-order valence-electron chi connectivity index (χ0n) is 7.89. The summed E-state index contributed by atoms with van der Waals surface area (Å²) in [6.07, 6.45) is 3.36. The van der Waals surface area contributed by atoms with Crippen molar-refractivity contribution in [3.05, 3.63) is 47.4 Å². The van der Waals surface area contributed by atoms with Gasteiger partial charge in [-0.15, -0.1) is 0 Å². The fourth-order valence-corrected chi connectivity index (χ4v) is 1.50. The largest absolute Gasteiger partial charge is 0.390 e. The minimum atomic E-state index is -0.0880. The van der Waals surface area contributed by atoms with Crippen molar-refractivity contribution in [1.82, 2.24) is 9.97 Å². The number of nitrogens with zero attached hydrogens (tertiary/aromatic N) is 2. The lowest BCUT2D eigenvalue weighted by atomic mass is 10.1. The number of rotatable bonds is 2. The third-order valence-corrected chi connectivity index (χ3v) is 2.32. The van der Waals surface area contributed by atoms with E-state index in [0.29, 0.717) is 16.4 Å². The van der Waals surface area contributed by atoms with Gasteiger partial charge in [0, 0.05) is 18.0 Å². The van der Waals surface area contributed by atoms with E-state index in [4.69, 9.17) is 16.7 Å². The van der Waals surface area contributed by atoms with Crippen molar-refractivity contribution < 1.29 is 5.11 Å². The Hall–Kier alpha value is -1.45. The van der Waals surface area contributed by atoms with Crippen LogP contribution in [-0.2, 0) is 6.61 Å². The van der Waals surface area contributed by atoms with Gasteiger partial charge in [0.2, 0.25) is 0 Å². The number of halogens is 1. The van der Waals surface area contributed by atoms with E-state index in [9.17, 15) is 0 Å². The molecular weight excluding hydrogens is 212 g/mol. The normalized spacial score (nSPS) is 10.3. The summed E-state index contributed by atoms with van der Waals surface area (Å²) in [4.78, 5) is 8.17. The van der Waals surface area contributed by atoms with Crippen LogP contribution in [0.15, 0.2) is 36.7 Å². The van der Waals surface area contributed by atoms with Crippen LogP contribution in [0, 0.1) is 0 Å². The summed E-state index contributed by atoms with van der Waals surface area (Å²) in [7, 11) is 0. The third-order valence-electron chi connectivity index (χ3n) is 2.02. The van der Waals surface area contributed by atoms with Crippen molar-refractivity contribution in [3.63, 3.8) is 0 Å². The number of hydrogen-bond acceptors (Lipinski definition) is 3. The Labute approximate surface area is 92.4 Å². The molecule has 0 aliphatic rings. The lowest BCUT2D eigenvalue weighted by molar-refractivity contribution is 0.277. The van der Waals surface area contributed by atoms with Crippen LogP contribution in [-0.4, -0.2) is 15.1 Å². The molecule has 3 nitrogen and oxygen atoms in total. The second kappa shape index (κ2) is 4.38. The van der Waals surface area contributed by atoms with E-state index < -0.39 is 0 Å². The Balaban J connectivity index is 2.52. The van der Waals surface area contributed by atoms with Gasteiger partial charge in [-0.3, -0.25) is 4.98 Å². The SMILES string of the molecule is OCc1ccc(Cl)c(-c2ccncc2)n1. The molecule has 0 amide bonds. The molecule has 0 fully saturated rings. The third kappa shape index (κ3) is 2.14. The Morgan fingerprint density at radius 3 is 2.53 bits per heavy atom. The maximum atomic E-state index is 8.98. The summed E-state index contributed by atoms with van der Waals surface area (Å²) in [6.45, 7) is -0.0880. The average Bonchev–Trinajstić information content (AvgIpc) is 2.31. The van der Waals surface area contributed by atoms with Gasteiger partial charge in [-0.25, -0.2) is 4.98 Å². The molecule has 4 heteroatoms. The van der Waals surface area contributed by atoms with Crippen molar-refractivity contribution in [2.24, 2.45) is 0 Å². The van der Waals surface area contributed by atoms with E-state index in [1.54, 1.807) is 24.5 Å². The topological polar surface area (TPSA) is 46.0 Å². The van der Waals surface area contributed by atoms with E-state index in [-0.39, 0.29) is 6.61 Å². The zero-order valence-corrected chi connectivity index (χ0v) is 8.65. The standard InChI is InChI=1S/C11H9ClN2O/c12-10-2-1-9(7-15)14-11(10)8-3-5-13-6-4-8/h1-6,15H,7H2. The average molecular weight is 221 g/mol. The van der Waals surface area contributed by atoms with Crippen LogP contribution in [0.4, 0.5) is 0 Å². The summed E-state index contributed by atoms with van der Waals surface area (Å²) in [5.41, 5.74) is 2.17. The molecular formula is C11H9ClN2O. The first-order valence-electron chi connectivity index (χ1n) is 4.48. The quantitative estimate of drug-likeness (QED) is 0.845. The highest BCUT2D eigenvalue weighted by Gasteiger charge is 2.05. The molecule has 0 aliphatic carbocycles. The van der Waals surface area contributed by atoms with Crippen LogP contribution in [0.3, 0.4) is 0 Å². The van der Waals surface area contributed by atoms with E-state index >= 15 is 0 Å². The summed E-state index contributed by atoms with van der Waals surface area (Å²) in [6, 6.07) is 7.09. The monoisotopic (exact) mass is 220 g/mol. The van der Waals surface area contributed by atoms with E-state index in [1.165, 1.54) is 0 Å². The Kier molecular flexibility index (Phi) is 2.94. The van der Waals surface area contributed by atoms with Gasteiger partial charge in [0.05, 0.1) is 23.0 Å². The zero-order chi connectivity index (χ0) is 10.7. The van der Waals surface area contributed by atoms with Crippen molar-refractivity contribution >= 4 is 11.6 Å². The molecule has 0 atom stereocenters. The fraction of sp³-hybridized carbons (Fsp3) is 0.0909. The maximum absolute atomic E-state index is 8.98. The summed E-state index contributed by atoms with van der Waals surface area (Å²) in [5, 5.41) is 9.55. The predicted octanol–water partition coefficient (Wildman–Crippen LogP) is 2.29. The highest BCUT2D eigenvalue weighted by atomic mass is 35.5. The van der Waals surface area contributed by atoms with Crippen molar-refractivity contribution in [2.75, 3.05) is 0 Å². The lowest BCUT2D eigenvalue weighted by Gasteiger charge is -2.04. The molecule has 0 unspecified atom stereocenters. The molecule has 2 aromatic rings. The van der Waals surface area contributed by atoms with E-state index in [2.05, 4.69) is 9.97 Å². The molecule has 2 heterocycles.